The van der Waals surface area contributed by atoms with Crippen molar-refractivity contribution < 1.29 is 9.26 Å². The fraction of sp³-hybridized carbons (Fsp3) is 0.250. The van der Waals surface area contributed by atoms with Gasteiger partial charge in [-0.2, -0.15) is 4.98 Å². The van der Waals surface area contributed by atoms with E-state index in [1.54, 1.807) is 19.1 Å². The summed E-state index contributed by atoms with van der Waals surface area (Å²) in [6.07, 6.45) is 0. The lowest BCUT2D eigenvalue weighted by molar-refractivity contribution is 0.391. The zero-order valence-electron chi connectivity index (χ0n) is 7.76. The molecule has 14 heavy (non-hydrogen) atoms. The number of nitrogens with zero attached hydrogens (tertiary/aromatic N) is 4. The van der Waals surface area contributed by atoms with Gasteiger partial charge in [0, 0.05) is 6.07 Å². The van der Waals surface area contributed by atoms with Crippen LogP contribution >= 0.6 is 0 Å². The van der Waals surface area contributed by atoms with E-state index >= 15 is 0 Å². The van der Waals surface area contributed by atoms with E-state index < -0.39 is 0 Å². The van der Waals surface area contributed by atoms with Gasteiger partial charge in [-0.05, 0) is 13.0 Å². The number of hydrogen-bond acceptors (Lipinski definition) is 6. The first-order valence-corrected chi connectivity index (χ1v) is 3.98. The average molecular weight is 192 g/mol. The molecule has 0 fully saturated rings. The highest BCUT2D eigenvalue weighted by Crippen LogP contribution is 2.14. The molecule has 0 N–H and O–H groups in total. The summed E-state index contributed by atoms with van der Waals surface area (Å²) in [5, 5.41) is 11.3. The summed E-state index contributed by atoms with van der Waals surface area (Å²) in [7, 11) is 1.53. The van der Waals surface area contributed by atoms with E-state index in [0.29, 0.717) is 23.3 Å². The summed E-state index contributed by atoms with van der Waals surface area (Å²) < 4.78 is 9.79. The Bertz CT molecular complexity index is 423. The molecule has 0 amide bonds. The second kappa shape index (κ2) is 3.41. The van der Waals surface area contributed by atoms with Gasteiger partial charge in [0.1, 0.15) is 0 Å². The van der Waals surface area contributed by atoms with E-state index in [4.69, 9.17) is 9.26 Å². The highest BCUT2D eigenvalue weighted by atomic mass is 16.5. The smallest absolute Gasteiger partial charge is 0.278 e. The van der Waals surface area contributed by atoms with Gasteiger partial charge in [0.05, 0.1) is 7.11 Å². The molecule has 2 aromatic rings. The van der Waals surface area contributed by atoms with Gasteiger partial charge >= 0.3 is 0 Å². The third-order valence-electron chi connectivity index (χ3n) is 1.60. The van der Waals surface area contributed by atoms with Crippen molar-refractivity contribution in [2.24, 2.45) is 0 Å². The Morgan fingerprint density at radius 3 is 2.64 bits per heavy atom. The number of methoxy groups -OCH3 is 1. The van der Waals surface area contributed by atoms with Crippen LogP contribution < -0.4 is 4.74 Å². The van der Waals surface area contributed by atoms with Crippen LogP contribution in [0.1, 0.15) is 5.82 Å². The molecule has 72 valence electrons. The molecule has 0 bridgehead atoms. The maximum absolute atomic E-state index is 4.92. The summed E-state index contributed by atoms with van der Waals surface area (Å²) in [5.41, 5.74) is 0.534. The molecule has 0 radical (unpaired) electrons. The molecule has 6 nitrogen and oxygen atoms in total. The SMILES string of the molecule is COc1ccc(-c2nc(C)no2)nn1. The van der Waals surface area contributed by atoms with E-state index in [1.165, 1.54) is 7.11 Å². The van der Waals surface area contributed by atoms with Gasteiger partial charge in [0.2, 0.25) is 5.88 Å². The normalized spacial score (nSPS) is 10.1. The van der Waals surface area contributed by atoms with Crippen molar-refractivity contribution in [1.29, 1.82) is 0 Å². The molecule has 0 aliphatic rings. The van der Waals surface area contributed by atoms with E-state index in [2.05, 4.69) is 20.3 Å². The van der Waals surface area contributed by atoms with Crippen LogP contribution in [0.4, 0.5) is 0 Å². The lowest BCUT2D eigenvalue weighted by Crippen LogP contribution is -1.92. The largest absolute Gasteiger partial charge is 0.480 e. The van der Waals surface area contributed by atoms with Crippen LogP contribution in [0.2, 0.25) is 0 Å². The number of aryl methyl sites for hydroxylation is 1. The van der Waals surface area contributed by atoms with Gasteiger partial charge in [-0.1, -0.05) is 5.16 Å². The molecule has 0 spiro atoms. The average Bonchev–Trinajstić information content (AvgIpc) is 2.65. The van der Waals surface area contributed by atoms with Crippen molar-refractivity contribution in [2.45, 2.75) is 6.92 Å². The lowest BCUT2D eigenvalue weighted by atomic mass is 10.4. The van der Waals surface area contributed by atoms with E-state index in [0.717, 1.165) is 0 Å². The Labute approximate surface area is 79.9 Å². The molecular weight excluding hydrogens is 184 g/mol. The number of ether oxygens (including phenoxy) is 1. The molecule has 0 atom stereocenters. The van der Waals surface area contributed by atoms with Crippen molar-refractivity contribution in [3.63, 3.8) is 0 Å². The third-order valence-corrected chi connectivity index (χ3v) is 1.60. The summed E-state index contributed by atoms with van der Waals surface area (Å²) in [6, 6.07) is 3.39. The minimum absolute atomic E-state index is 0.359. The van der Waals surface area contributed by atoms with E-state index in [9.17, 15) is 0 Å². The van der Waals surface area contributed by atoms with Gasteiger partial charge in [0.25, 0.3) is 5.89 Å². The van der Waals surface area contributed by atoms with Gasteiger partial charge < -0.3 is 9.26 Å². The fourth-order valence-corrected chi connectivity index (χ4v) is 0.944. The van der Waals surface area contributed by atoms with Crippen molar-refractivity contribution >= 4 is 0 Å². The van der Waals surface area contributed by atoms with Gasteiger partial charge in [-0.25, -0.2) is 0 Å². The van der Waals surface area contributed by atoms with Gasteiger partial charge in [-0.3, -0.25) is 0 Å². The Balaban J connectivity index is 2.33. The van der Waals surface area contributed by atoms with Gasteiger partial charge in [0.15, 0.2) is 11.5 Å². The Morgan fingerprint density at radius 1 is 1.29 bits per heavy atom. The molecule has 0 unspecified atom stereocenters. The maximum Gasteiger partial charge on any atom is 0.278 e. The Morgan fingerprint density at radius 2 is 2.14 bits per heavy atom. The zero-order chi connectivity index (χ0) is 9.97. The lowest BCUT2D eigenvalue weighted by Gasteiger charge is -1.95. The molecule has 0 aromatic carbocycles. The van der Waals surface area contributed by atoms with Crippen LogP contribution in [0.3, 0.4) is 0 Å². The van der Waals surface area contributed by atoms with E-state index in [-0.39, 0.29) is 0 Å². The second-order valence-corrected chi connectivity index (χ2v) is 2.61. The van der Waals surface area contributed by atoms with Crippen LogP contribution in [0.5, 0.6) is 5.88 Å². The van der Waals surface area contributed by atoms with Crippen LogP contribution in [0.15, 0.2) is 16.7 Å². The first kappa shape index (κ1) is 8.61. The number of hydrogen-bond donors (Lipinski definition) is 0. The summed E-state index contributed by atoms with van der Waals surface area (Å²) in [5.74, 6) is 1.38. The summed E-state index contributed by atoms with van der Waals surface area (Å²) in [6.45, 7) is 1.74. The number of rotatable bonds is 2. The van der Waals surface area contributed by atoms with Crippen LogP contribution in [-0.4, -0.2) is 27.4 Å². The molecule has 2 rings (SSSR count). The van der Waals surface area contributed by atoms with Crippen molar-refractivity contribution in [2.75, 3.05) is 7.11 Å². The molecule has 2 aromatic heterocycles. The topological polar surface area (TPSA) is 73.9 Å². The van der Waals surface area contributed by atoms with Crippen LogP contribution in [0.25, 0.3) is 11.6 Å². The highest BCUT2D eigenvalue weighted by Gasteiger charge is 2.08. The molecule has 0 aliphatic carbocycles. The highest BCUT2D eigenvalue weighted by molar-refractivity contribution is 5.45. The predicted octanol–water partition coefficient (Wildman–Crippen LogP) is 0.844. The molecule has 2 heterocycles. The first-order chi connectivity index (χ1) is 6.79. The third kappa shape index (κ3) is 1.54. The Hall–Kier alpha value is -1.98. The quantitative estimate of drug-likeness (QED) is 0.702. The number of aromatic nitrogens is 4. The predicted molar refractivity (Wildman–Crippen MR) is 46.6 cm³/mol. The zero-order valence-corrected chi connectivity index (χ0v) is 7.76. The minimum Gasteiger partial charge on any atom is -0.480 e. The van der Waals surface area contributed by atoms with Gasteiger partial charge in [-0.15, -0.1) is 10.2 Å². The maximum atomic E-state index is 4.92. The molecular formula is C8H8N4O2. The van der Waals surface area contributed by atoms with Crippen molar-refractivity contribution in [3.8, 4) is 17.5 Å². The van der Waals surface area contributed by atoms with Crippen molar-refractivity contribution in [1.82, 2.24) is 20.3 Å². The van der Waals surface area contributed by atoms with E-state index in [1.807, 2.05) is 0 Å². The molecule has 0 aliphatic heterocycles. The fourth-order valence-electron chi connectivity index (χ4n) is 0.944. The minimum atomic E-state index is 0.359. The first-order valence-electron chi connectivity index (χ1n) is 3.98. The van der Waals surface area contributed by atoms with Crippen LogP contribution in [0, 0.1) is 6.92 Å². The molecule has 0 saturated heterocycles. The second-order valence-electron chi connectivity index (χ2n) is 2.61. The van der Waals surface area contributed by atoms with Crippen molar-refractivity contribution in [3.05, 3.63) is 18.0 Å². The summed E-state index contributed by atoms with van der Waals surface area (Å²) in [4.78, 5) is 4.02. The Kier molecular flexibility index (Phi) is 2.10. The van der Waals surface area contributed by atoms with Crippen LogP contribution in [-0.2, 0) is 0 Å². The molecule has 6 heteroatoms. The molecule has 0 saturated carbocycles. The standard InChI is InChI=1S/C8H8N4O2/c1-5-9-8(14-12-5)6-3-4-7(13-2)11-10-6/h3-4H,1-2H3. The summed E-state index contributed by atoms with van der Waals surface area (Å²) >= 11 is 0. The monoisotopic (exact) mass is 192 g/mol.